The molecule has 3 heteroatoms. The highest BCUT2D eigenvalue weighted by Crippen LogP contribution is 2.15. The van der Waals surface area contributed by atoms with Gasteiger partial charge in [0.1, 0.15) is 0 Å². The van der Waals surface area contributed by atoms with Crippen LogP contribution in [0.25, 0.3) is 10.9 Å². The fourth-order valence-corrected chi connectivity index (χ4v) is 2.01. The molecule has 0 aliphatic carbocycles. The van der Waals surface area contributed by atoms with E-state index in [1.165, 1.54) is 5.56 Å². The highest BCUT2D eigenvalue weighted by molar-refractivity contribution is 14.1. The molecule has 13 heavy (non-hydrogen) atoms. The van der Waals surface area contributed by atoms with E-state index in [-0.39, 0.29) is 5.43 Å². The van der Waals surface area contributed by atoms with Gasteiger partial charge in [-0.2, -0.15) is 0 Å². The summed E-state index contributed by atoms with van der Waals surface area (Å²) in [6.07, 6.45) is 1.69. The normalized spacial score (nSPS) is 10.5. The van der Waals surface area contributed by atoms with Crippen molar-refractivity contribution in [2.45, 2.75) is 4.43 Å². The van der Waals surface area contributed by atoms with Crippen LogP contribution in [0.5, 0.6) is 0 Å². The van der Waals surface area contributed by atoms with Gasteiger partial charge in [-0.05, 0) is 11.6 Å². The van der Waals surface area contributed by atoms with E-state index in [4.69, 9.17) is 0 Å². The number of hydrogen-bond donors (Lipinski definition) is 1. The minimum absolute atomic E-state index is 0.0838. The Morgan fingerprint density at radius 1 is 1.31 bits per heavy atom. The molecule has 2 nitrogen and oxygen atoms in total. The standard InChI is InChI=1S/C10H8INO/c11-6-7-2-1-3-8-9(13)4-5-12-10(7)8/h1-5H,6H2,(H,12,13). The predicted octanol–water partition coefficient (Wildman–Crippen LogP) is 2.46. The van der Waals surface area contributed by atoms with E-state index < -0.39 is 0 Å². The quantitative estimate of drug-likeness (QED) is 0.633. The number of para-hydroxylation sites is 1. The number of fused-ring (bicyclic) bond motifs is 1. The van der Waals surface area contributed by atoms with Gasteiger partial charge in [0.2, 0.25) is 0 Å². The van der Waals surface area contributed by atoms with Crippen molar-refractivity contribution in [2.24, 2.45) is 0 Å². The average molecular weight is 285 g/mol. The Morgan fingerprint density at radius 2 is 2.15 bits per heavy atom. The van der Waals surface area contributed by atoms with E-state index in [0.29, 0.717) is 0 Å². The van der Waals surface area contributed by atoms with Crippen molar-refractivity contribution in [1.29, 1.82) is 0 Å². The minimum atomic E-state index is 0.0838. The van der Waals surface area contributed by atoms with Gasteiger partial charge in [0.25, 0.3) is 0 Å². The zero-order valence-electron chi connectivity index (χ0n) is 6.88. The molecular formula is C10H8INO. The summed E-state index contributed by atoms with van der Waals surface area (Å²) in [5.74, 6) is 0. The third-order valence-corrected chi connectivity index (χ3v) is 2.84. The van der Waals surface area contributed by atoms with Crippen molar-refractivity contribution >= 4 is 33.5 Å². The van der Waals surface area contributed by atoms with Crippen molar-refractivity contribution in [2.75, 3.05) is 0 Å². The fourth-order valence-electron chi connectivity index (χ4n) is 1.38. The van der Waals surface area contributed by atoms with Gasteiger partial charge in [-0.3, -0.25) is 4.79 Å². The molecule has 0 atom stereocenters. The van der Waals surface area contributed by atoms with Crippen LogP contribution in [0.4, 0.5) is 0 Å². The van der Waals surface area contributed by atoms with E-state index in [0.717, 1.165) is 15.3 Å². The Morgan fingerprint density at radius 3 is 2.92 bits per heavy atom. The highest BCUT2D eigenvalue weighted by atomic mass is 127. The van der Waals surface area contributed by atoms with Gasteiger partial charge >= 0.3 is 0 Å². The summed E-state index contributed by atoms with van der Waals surface area (Å²) in [6.45, 7) is 0. The minimum Gasteiger partial charge on any atom is -0.361 e. The molecule has 0 aliphatic rings. The first-order chi connectivity index (χ1) is 6.33. The summed E-state index contributed by atoms with van der Waals surface area (Å²) < 4.78 is 0.912. The molecule has 2 rings (SSSR count). The van der Waals surface area contributed by atoms with Crippen LogP contribution in [0, 0.1) is 0 Å². The van der Waals surface area contributed by atoms with Gasteiger partial charge in [-0.15, -0.1) is 0 Å². The number of aromatic nitrogens is 1. The van der Waals surface area contributed by atoms with Crippen LogP contribution in [-0.2, 0) is 4.43 Å². The monoisotopic (exact) mass is 285 g/mol. The smallest absolute Gasteiger partial charge is 0.189 e. The van der Waals surface area contributed by atoms with Crippen molar-refractivity contribution in [1.82, 2.24) is 4.98 Å². The number of halogens is 1. The third kappa shape index (κ3) is 1.48. The summed E-state index contributed by atoms with van der Waals surface area (Å²) in [4.78, 5) is 14.5. The second-order valence-electron chi connectivity index (χ2n) is 2.82. The van der Waals surface area contributed by atoms with Crippen molar-refractivity contribution in [3.63, 3.8) is 0 Å². The molecular weight excluding hydrogens is 277 g/mol. The predicted molar refractivity (Wildman–Crippen MR) is 62.3 cm³/mol. The van der Waals surface area contributed by atoms with E-state index >= 15 is 0 Å². The van der Waals surface area contributed by atoms with E-state index in [1.54, 1.807) is 12.3 Å². The molecule has 1 aromatic heterocycles. The number of H-pyrrole nitrogens is 1. The van der Waals surface area contributed by atoms with Gasteiger partial charge in [0.15, 0.2) is 5.43 Å². The molecule has 1 heterocycles. The second kappa shape index (κ2) is 3.49. The molecule has 0 radical (unpaired) electrons. The van der Waals surface area contributed by atoms with E-state index in [1.807, 2.05) is 18.2 Å². The Bertz CT molecular complexity index is 489. The van der Waals surface area contributed by atoms with Gasteiger partial charge < -0.3 is 4.98 Å². The summed E-state index contributed by atoms with van der Waals surface area (Å²) >= 11 is 2.29. The summed E-state index contributed by atoms with van der Waals surface area (Å²) in [5.41, 5.74) is 2.22. The SMILES string of the molecule is O=c1cc[nH]c2c(CI)cccc12. The van der Waals surface area contributed by atoms with Gasteiger partial charge in [0, 0.05) is 22.1 Å². The topological polar surface area (TPSA) is 32.9 Å². The summed E-state index contributed by atoms with van der Waals surface area (Å²) in [6, 6.07) is 7.36. The molecule has 0 amide bonds. The number of rotatable bonds is 1. The first-order valence-corrected chi connectivity index (χ1v) is 5.51. The highest BCUT2D eigenvalue weighted by Gasteiger charge is 2.00. The van der Waals surface area contributed by atoms with Crippen molar-refractivity contribution in [3.05, 3.63) is 46.2 Å². The molecule has 66 valence electrons. The van der Waals surface area contributed by atoms with Crippen LogP contribution in [0.15, 0.2) is 35.3 Å². The number of nitrogens with one attached hydrogen (secondary N) is 1. The van der Waals surface area contributed by atoms with Gasteiger partial charge in [-0.1, -0.05) is 34.7 Å². The summed E-state index contributed by atoms with van der Waals surface area (Å²) in [7, 11) is 0. The van der Waals surface area contributed by atoms with Crippen LogP contribution in [0.3, 0.4) is 0 Å². The molecule has 0 saturated carbocycles. The maximum atomic E-state index is 11.4. The molecule has 0 saturated heterocycles. The Labute approximate surface area is 89.1 Å². The fraction of sp³-hybridized carbons (Fsp3) is 0.100. The second-order valence-corrected chi connectivity index (χ2v) is 3.58. The summed E-state index contributed by atoms with van der Waals surface area (Å²) in [5, 5.41) is 0.775. The van der Waals surface area contributed by atoms with Gasteiger partial charge in [-0.25, -0.2) is 0 Å². The Hall–Kier alpha value is -0.840. The lowest BCUT2D eigenvalue weighted by Crippen LogP contribution is -2.00. The number of benzene rings is 1. The van der Waals surface area contributed by atoms with E-state index in [9.17, 15) is 4.79 Å². The molecule has 0 spiro atoms. The molecule has 0 aliphatic heterocycles. The van der Waals surface area contributed by atoms with Crippen LogP contribution >= 0.6 is 22.6 Å². The van der Waals surface area contributed by atoms with Crippen LogP contribution < -0.4 is 5.43 Å². The molecule has 2 aromatic rings. The Balaban J connectivity index is 2.92. The van der Waals surface area contributed by atoms with E-state index in [2.05, 4.69) is 27.6 Å². The lowest BCUT2D eigenvalue weighted by Gasteiger charge is -2.01. The molecule has 1 aromatic carbocycles. The van der Waals surface area contributed by atoms with Gasteiger partial charge in [0.05, 0.1) is 5.52 Å². The van der Waals surface area contributed by atoms with Crippen LogP contribution in [0.2, 0.25) is 0 Å². The van der Waals surface area contributed by atoms with Crippen molar-refractivity contribution in [3.8, 4) is 0 Å². The van der Waals surface area contributed by atoms with Crippen molar-refractivity contribution < 1.29 is 0 Å². The maximum absolute atomic E-state index is 11.4. The third-order valence-electron chi connectivity index (χ3n) is 2.02. The molecule has 0 fully saturated rings. The first-order valence-electron chi connectivity index (χ1n) is 3.98. The maximum Gasteiger partial charge on any atom is 0.189 e. The largest absolute Gasteiger partial charge is 0.361 e. The number of aromatic amines is 1. The zero-order valence-corrected chi connectivity index (χ0v) is 9.04. The lowest BCUT2D eigenvalue weighted by atomic mass is 10.1. The zero-order chi connectivity index (χ0) is 9.26. The number of pyridine rings is 1. The average Bonchev–Trinajstić information content (AvgIpc) is 2.18. The molecule has 0 bridgehead atoms. The molecule has 1 N–H and O–H groups in total. The first kappa shape index (κ1) is 8.74. The van der Waals surface area contributed by atoms with Crippen LogP contribution in [0.1, 0.15) is 5.56 Å². The van der Waals surface area contributed by atoms with Crippen LogP contribution in [-0.4, -0.2) is 4.98 Å². The number of alkyl halides is 1. The number of hydrogen-bond acceptors (Lipinski definition) is 1. The lowest BCUT2D eigenvalue weighted by molar-refractivity contribution is 1.35. The molecule has 0 unspecified atom stereocenters. The Kier molecular flexibility index (Phi) is 2.35.